The first-order valence-corrected chi connectivity index (χ1v) is 10.1. The number of carbonyl (C=O) groups excluding carboxylic acids is 2. The molecule has 3 aromatic rings. The molecule has 0 bridgehead atoms. The Kier molecular flexibility index (Phi) is 5.18. The van der Waals surface area contributed by atoms with Crippen LogP contribution >= 0.6 is 11.3 Å². The average molecular weight is 443 g/mol. The predicted molar refractivity (Wildman–Crippen MR) is 111 cm³/mol. The highest BCUT2D eigenvalue weighted by Gasteiger charge is 2.45. The summed E-state index contributed by atoms with van der Waals surface area (Å²) >= 11 is 1.12. The van der Waals surface area contributed by atoms with E-state index in [1.165, 1.54) is 18.2 Å². The quantitative estimate of drug-likeness (QED) is 0.514. The van der Waals surface area contributed by atoms with Crippen molar-refractivity contribution in [3.05, 3.63) is 98.9 Å². The number of halogens is 3. The summed E-state index contributed by atoms with van der Waals surface area (Å²) in [5, 5.41) is 12.3. The molecule has 31 heavy (non-hydrogen) atoms. The van der Waals surface area contributed by atoms with Crippen molar-refractivity contribution in [3.8, 4) is 0 Å². The summed E-state index contributed by atoms with van der Waals surface area (Å²) in [7, 11) is 0. The monoisotopic (exact) mass is 443 g/mol. The number of anilines is 1. The van der Waals surface area contributed by atoms with E-state index in [4.69, 9.17) is 0 Å². The van der Waals surface area contributed by atoms with Crippen LogP contribution in [-0.2, 0) is 11.0 Å². The van der Waals surface area contributed by atoms with Crippen LogP contribution in [0.1, 0.15) is 32.4 Å². The predicted octanol–water partition coefficient (Wildman–Crippen LogP) is 5.86. The third-order valence-corrected chi connectivity index (χ3v) is 5.91. The molecule has 4 nitrogen and oxygen atoms in total. The zero-order chi connectivity index (χ0) is 22.3. The van der Waals surface area contributed by atoms with Crippen LogP contribution in [0.15, 0.2) is 77.4 Å². The minimum absolute atomic E-state index is 0.0766. The van der Waals surface area contributed by atoms with Crippen LogP contribution in [0.2, 0.25) is 0 Å². The van der Waals surface area contributed by atoms with Gasteiger partial charge >= 0.3 is 6.18 Å². The molecular weight excluding hydrogens is 427 g/mol. The number of Topliss-reactive ketones (excluding diaryl/α,β-unsaturated/α-hetero) is 1. The molecule has 158 valence electrons. The summed E-state index contributed by atoms with van der Waals surface area (Å²) in [4.78, 5) is 27.6. The molecule has 0 fully saturated rings. The van der Waals surface area contributed by atoms with Crippen LogP contribution in [0, 0.1) is 6.92 Å². The van der Waals surface area contributed by atoms with Crippen molar-refractivity contribution >= 4 is 28.7 Å². The van der Waals surface area contributed by atoms with Gasteiger partial charge in [0.15, 0.2) is 5.76 Å². The van der Waals surface area contributed by atoms with Gasteiger partial charge in [-0.3, -0.25) is 14.5 Å². The highest BCUT2D eigenvalue weighted by Crippen LogP contribution is 2.43. The number of nitrogens with zero attached hydrogens (tertiary/aromatic N) is 1. The van der Waals surface area contributed by atoms with Crippen molar-refractivity contribution in [3.63, 3.8) is 0 Å². The Bertz CT molecular complexity index is 1180. The number of amides is 1. The van der Waals surface area contributed by atoms with Gasteiger partial charge in [0.05, 0.1) is 22.1 Å². The number of benzene rings is 2. The summed E-state index contributed by atoms with van der Waals surface area (Å²) in [6.07, 6.45) is -4.60. The zero-order valence-electron chi connectivity index (χ0n) is 16.2. The summed E-state index contributed by atoms with van der Waals surface area (Å²) in [6.45, 7) is 1.85. The molecule has 1 aliphatic rings. The molecular formula is C23H16F3NO3S. The number of thiophene rings is 1. The van der Waals surface area contributed by atoms with E-state index in [0.717, 1.165) is 33.9 Å². The lowest BCUT2D eigenvalue weighted by Crippen LogP contribution is -2.31. The van der Waals surface area contributed by atoms with E-state index in [1.807, 2.05) is 6.92 Å². The van der Waals surface area contributed by atoms with Gasteiger partial charge in [0, 0.05) is 5.69 Å². The molecule has 0 saturated heterocycles. The fourth-order valence-corrected chi connectivity index (χ4v) is 4.23. The minimum Gasteiger partial charge on any atom is -0.503 e. The Balaban J connectivity index is 1.90. The second kappa shape index (κ2) is 7.70. The van der Waals surface area contributed by atoms with Crippen LogP contribution in [0.5, 0.6) is 0 Å². The van der Waals surface area contributed by atoms with Crippen LogP contribution < -0.4 is 4.90 Å². The Morgan fingerprint density at radius 2 is 1.77 bits per heavy atom. The van der Waals surface area contributed by atoms with Gasteiger partial charge in [-0.1, -0.05) is 35.9 Å². The minimum atomic E-state index is -4.60. The Hall–Kier alpha value is -3.39. The number of alkyl halides is 3. The fraction of sp³-hybridized carbons (Fsp3) is 0.130. The third kappa shape index (κ3) is 3.74. The maximum atomic E-state index is 13.3. The van der Waals surface area contributed by atoms with Gasteiger partial charge in [-0.15, -0.1) is 11.3 Å². The molecule has 0 aliphatic carbocycles. The van der Waals surface area contributed by atoms with E-state index in [1.54, 1.807) is 35.7 Å². The lowest BCUT2D eigenvalue weighted by atomic mass is 9.94. The lowest BCUT2D eigenvalue weighted by molar-refractivity contribution is -0.137. The lowest BCUT2D eigenvalue weighted by Gasteiger charge is -2.27. The number of aliphatic hydroxyl groups is 1. The Labute approximate surface area is 179 Å². The number of aryl methyl sites for hydroxylation is 1. The van der Waals surface area contributed by atoms with Crippen LogP contribution in [0.4, 0.5) is 18.9 Å². The number of ketones is 1. The largest absolute Gasteiger partial charge is 0.503 e. The smallest absolute Gasteiger partial charge is 0.416 e. The van der Waals surface area contributed by atoms with Crippen molar-refractivity contribution in [2.45, 2.75) is 19.1 Å². The molecule has 2 heterocycles. The first-order chi connectivity index (χ1) is 14.7. The van der Waals surface area contributed by atoms with Gasteiger partial charge in [-0.2, -0.15) is 13.2 Å². The van der Waals surface area contributed by atoms with Gasteiger partial charge in [0.25, 0.3) is 5.91 Å². The third-order valence-electron chi connectivity index (χ3n) is 5.04. The molecule has 4 rings (SSSR count). The number of aliphatic hydroxyl groups excluding tert-OH is 1. The van der Waals surface area contributed by atoms with Crippen molar-refractivity contribution in [2.24, 2.45) is 0 Å². The molecule has 0 spiro atoms. The van der Waals surface area contributed by atoms with Crippen LogP contribution in [-0.4, -0.2) is 16.8 Å². The van der Waals surface area contributed by atoms with Crippen molar-refractivity contribution in [2.75, 3.05) is 4.90 Å². The molecule has 1 aliphatic heterocycles. The fourth-order valence-electron chi connectivity index (χ4n) is 3.55. The van der Waals surface area contributed by atoms with Gasteiger partial charge in [-0.25, -0.2) is 0 Å². The number of hydrogen-bond donors (Lipinski definition) is 1. The second-order valence-electron chi connectivity index (χ2n) is 7.11. The topological polar surface area (TPSA) is 57.6 Å². The number of carbonyl (C=O) groups is 2. The van der Waals surface area contributed by atoms with Gasteiger partial charge < -0.3 is 5.11 Å². The van der Waals surface area contributed by atoms with Crippen molar-refractivity contribution in [1.82, 2.24) is 0 Å². The molecule has 8 heteroatoms. The van der Waals surface area contributed by atoms with E-state index in [9.17, 15) is 27.9 Å². The summed E-state index contributed by atoms with van der Waals surface area (Å²) in [5.41, 5.74) is 0.201. The van der Waals surface area contributed by atoms with Crippen LogP contribution in [0.25, 0.3) is 0 Å². The standard InChI is InChI=1S/C23H16F3NO3S/c1-13-7-9-16(10-8-13)27-19(14-4-2-5-15(12-14)23(24,25)26)18(21(29)22(27)30)20(28)17-6-3-11-31-17/h2-12,19,29H,1H3/t19-/m0/s1. The van der Waals surface area contributed by atoms with Crippen molar-refractivity contribution in [1.29, 1.82) is 0 Å². The maximum absolute atomic E-state index is 13.3. The van der Waals surface area contributed by atoms with Crippen molar-refractivity contribution < 1.29 is 27.9 Å². The summed E-state index contributed by atoms with van der Waals surface area (Å²) < 4.78 is 40.0. The SMILES string of the molecule is Cc1ccc(N2C(=O)C(O)=C(C(=O)c3cccs3)[C@@H]2c2cccc(C(F)(F)F)c2)cc1. The van der Waals surface area contributed by atoms with Gasteiger partial charge in [-0.05, 0) is 48.2 Å². The molecule has 0 saturated carbocycles. The number of rotatable bonds is 4. The van der Waals surface area contributed by atoms with Gasteiger partial charge in [0.1, 0.15) is 0 Å². The highest BCUT2D eigenvalue weighted by atomic mass is 32.1. The number of hydrogen-bond acceptors (Lipinski definition) is 4. The molecule has 1 amide bonds. The van der Waals surface area contributed by atoms with Crippen LogP contribution in [0.3, 0.4) is 0 Å². The molecule has 2 aromatic carbocycles. The summed E-state index contributed by atoms with van der Waals surface area (Å²) in [5.74, 6) is -2.20. The maximum Gasteiger partial charge on any atom is 0.416 e. The van der Waals surface area contributed by atoms with E-state index in [0.29, 0.717) is 5.69 Å². The zero-order valence-corrected chi connectivity index (χ0v) is 17.0. The first kappa shape index (κ1) is 20.9. The Morgan fingerprint density at radius 1 is 1.06 bits per heavy atom. The van der Waals surface area contributed by atoms with E-state index in [-0.39, 0.29) is 16.0 Å². The van der Waals surface area contributed by atoms with Gasteiger partial charge in [0.2, 0.25) is 5.78 Å². The molecule has 1 aromatic heterocycles. The molecule has 0 unspecified atom stereocenters. The summed E-state index contributed by atoms with van der Waals surface area (Å²) in [6, 6.07) is 13.2. The normalized spacial score (nSPS) is 16.8. The van der Waals surface area contributed by atoms with E-state index in [2.05, 4.69) is 0 Å². The average Bonchev–Trinajstić information content (AvgIpc) is 3.36. The van der Waals surface area contributed by atoms with E-state index >= 15 is 0 Å². The highest BCUT2D eigenvalue weighted by molar-refractivity contribution is 7.12. The molecule has 1 atom stereocenters. The Morgan fingerprint density at radius 3 is 2.39 bits per heavy atom. The van der Waals surface area contributed by atoms with E-state index < -0.39 is 35.2 Å². The second-order valence-corrected chi connectivity index (χ2v) is 8.05. The molecule has 0 radical (unpaired) electrons. The molecule has 1 N–H and O–H groups in total. The first-order valence-electron chi connectivity index (χ1n) is 9.27.